The highest BCUT2D eigenvalue weighted by atomic mass is 16.5. The predicted molar refractivity (Wildman–Crippen MR) is 70.5 cm³/mol. The Morgan fingerprint density at radius 1 is 1.28 bits per heavy atom. The van der Waals surface area contributed by atoms with Gasteiger partial charge in [0.15, 0.2) is 0 Å². The third-order valence-corrected chi connectivity index (χ3v) is 3.83. The van der Waals surface area contributed by atoms with Crippen molar-refractivity contribution in [3.63, 3.8) is 0 Å². The molecule has 1 amide bonds. The van der Waals surface area contributed by atoms with Crippen LogP contribution in [0, 0.1) is 0 Å². The van der Waals surface area contributed by atoms with Crippen LogP contribution in [0.25, 0.3) is 0 Å². The zero-order chi connectivity index (χ0) is 12.8. The number of carbonyl (C=O) groups is 1. The second-order valence-corrected chi connectivity index (χ2v) is 5.15. The van der Waals surface area contributed by atoms with Gasteiger partial charge in [0, 0.05) is 39.3 Å². The third kappa shape index (κ3) is 4.23. The zero-order valence-corrected chi connectivity index (χ0v) is 11.4. The molecule has 2 heterocycles. The fourth-order valence-corrected chi connectivity index (χ4v) is 2.56. The molecule has 0 spiro atoms. The summed E-state index contributed by atoms with van der Waals surface area (Å²) in [5.41, 5.74) is 0. The highest BCUT2D eigenvalue weighted by molar-refractivity contribution is 5.78. The molecule has 0 saturated carbocycles. The Kier molecular flexibility index (Phi) is 5.41. The van der Waals surface area contributed by atoms with Gasteiger partial charge < -0.3 is 15.0 Å². The minimum atomic E-state index is 0.135. The minimum Gasteiger partial charge on any atom is -0.376 e. The SMILES string of the molecule is CCN1CCN(CC(=O)NCC2CCCO2)CC1. The van der Waals surface area contributed by atoms with Crippen LogP contribution in [0.4, 0.5) is 0 Å². The van der Waals surface area contributed by atoms with Crippen LogP contribution in [0.2, 0.25) is 0 Å². The van der Waals surface area contributed by atoms with Gasteiger partial charge >= 0.3 is 0 Å². The van der Waals surface area contributed by atoms with Crippen molar-refractivity contribution in [1.82, 2.24) is 15.1 Å². The van der Waals surface area contributed by atoms with E-state index in [4.69, 9.17) is 4.74 Å². The number of nitrogens with zero attached hydrogens (tertiary/aromatic N) is 2. The van der Waals surface area contributed by atoms with Crippen LogP contribution in [-0.2, 0) is 9.53 Å². The molecule has 0 bridgehead atoms. The molecule has 0 aromatic heterocycles. The maximum atomic E-state index is 11.8. The van der Waals surface area contributed by atoms with Crippen molar-refractivity contribution in [2.24, 2.45) is 0 Å². The average Bonchev–Trinajstić information content (AvgIpc) is 2.90. The molecule has 1 unspecified atom stereocenters. The summed E-state index contributed by atoms with van der Waals surface area (Å²) in [6.45, 7) is 9.51. The van der Waals surface area contributed by atoms with Gasteiger partial charge in [0.1, 0.15) is 0 Å². The summed E-state index contributed by atoms with van der Waals surface area (Å²) in [5.74, 6) is 0.135. The molecule has 5 nitrogen and oxygen atoms in total. The van der Waals surface area contributed by atoms with Crippen LogP contribution in [-0.4, -0.2) is 74.2 Å². The normalized spacial score (nSPS) is 26.4. The first-order valence-electron chi connectivity index (χ1n) is 7.11. The molecule has 2 saturated heterocycles. The first-order valence-corrected chi connectivity index (χ1v) is 7.11. The Hall–Kier alpha value is -0.650. The molecule has 0 radical (unpaired) electrons. The van der Waals surface area contributed by atoms with E-state index in [0.29, 0.717) is 13.1 Å². The second-order valence-electron chi connectivity index (χ2n) is 5.15. The molecule has 5 heteroatoms. The third-order valence-electron chi connectivity index (χ3n) is 3.83. The quantitative estimate of drug-likeness (QED) is 0.746. The van der Waals surface area contributed by atoms with Crippen LogP contribution in [0.15, 0.2) is 0 Å². The maximum absolute atomic E-state index is 11.8. The Labute approximate surface area is 109 Å². The van der Waals surface area contributed by atoms with Gasteiger partial charge in [-0.1, -0.05) is 6.92 Å². The molecule has 2 aliphatic rings. The van der Waals surface area contributed by atoms with E-state index in [2.05, 4.69) is 22.0 Å². The number of likely N-dealkylation sites (N-methyl/N-ethyl adjacent to an activating group) is 1. The van der Waals surface area contributed by atoms with Crippen molar-refractivity contribution in [3.8, 4) is 0 Å². The summed E-state index contributed by atoms with van der Waals surface area (Å²) in [5, 5.41) is 2.98. The molecule has 2 aliphatic heterocycles. The highest BCUT2D eigenvalue weighted by Crippen LogP contribution is 2.10. The standard InChI is InChI=1S/C13H25N3O2/c1-2-15-5-7-16(8-6-15)11-13(17)14-10-12-4-3-9-18-12/h12H,2-11H2,1H3,(H,14,17). The lowest BCUT2D eigenvalue weighted by Gasteiger charge is -2.33. The van der Waals surface area contributed by atoms with Gasteiger partial charge in [-0.15, -0.1) is 0 Å². The molecule has 18 heavy (non-hydrogen) atoms. The molecule has 104 valence electrons. The van der Waals surface area contributed by atoms with Crippen LogP contribution >= 0.6 is 0 Å². The molecule has 1 N–H and O–H groups in total. The molecule has 2 fully saturated rings. The number of nitrogens with one attached hydrogen (secondary N) is 1. The lowest BCUT2D eigenvalue weighted by Crippen LogP contribution is -2.49. The van der Waals surface area contributed by atoms with Gasteiger partial charge in [-0.05, 0) is 19.4 Å². The fraction of sp³-hybridized carbons (Fsp3) is 0.923. The first-order chi connectivity index (χ1) is 8.78. The van der Waals surface area contributed by atoms with E-state index >= 15 is 0 Å². The van der Waals surface area contributed by atoms with E-state index in [1.165, 1.54) is 0 Å². The second kappa shape index (κ2) is 7.07. The van der Waals surface area contributed by atoms with E-state index in [-0.39, 0.29) is 12.0 Å². The van der Waals surface area contributed by atoms with Crippen LogP contribution in [0.5, 0.6) is 0 Å². The highest BCUT2D eigenvalue weighted by Gasteiger charge is 2.19. The lowest BCUT2D eigenvalue weighted by atomic mass is 10.2. The van der Waals surface area contributed by atoms with Crippen molar-refractivity contribution in [3.05, 3.63) is 0 Å². The predicted octanol–water partition coefficient (Wildman–Crippen LogP) is -0.0809. The smallest absolute Gasteiger partial charge is 0.234 e. The number of rotatable bonds is 5. The lowest BCUT2D eigenvalue weighted by molar-refractivity contribution is -0.123. The van der Waals surface area contributed by atoms with Gasteiger partial charge in [0.2, 0.25) is 5.91 Å². The summed E-state index contributed by atoms with van der Waals surface area (Å²) >= 11 is 0. The van der Waals surface area contributed by atoms with Gasteiger partial charge in [0.05, 0.1) is 12.6 Å². The molecule has 2 rings (SSSR count). The molecular weight excluding hydrogens is 230 g/mol. The van der Waals surface area contributed by atoms with Crippen molar-refractivity contribution >= 4 is 5.91 Å². The number of ether oxygens (including phenoxy) is 1. The van der Waals surface area contributed by atoms with E-state index in [9.17, 15) is 4.79 Å². The van der Waals surface area contributed by atoms with Crippen molar-refractivity contribution in [2.75, 3.05) is 52.4 Å². The summed E-state index contributed by atoms with van der Waals surface area (Å²) < 4.78 is 5.49. The molecule has 0 aliphatic carbocycles. The van der Waals surface area contributed by atoms with E-state index in [0.717, 1.165) is 52.2 Å². The maximum Gasteiger partial charge on any atom is 0.234 e. The zero-order valence-electron chi connectivity index (χ0n) is 11.4. The molecule has 1 atom stereocenters. The van der Waals surface area contributed by atoms with E-state index < -0.39 is 0 Å². The Morgan fingerprint density at radius 2 is 2.00 bits per heavy atom. The summed E-state index contributed by atoms with van der Waals surface area (Å²) in [6, 6.07) is 0. The van der Waals surface area contributed by atoms with Gasteiger partial charge in [-0.2, -0.15) is 0 Å². The van der Waals surface area contributed by atoms with Gasteiger partial charge in [-0.25, -0.2) is 0 Å². The van der Waals surface area contributed by atoms with E-state index in [1.807, 2.05) is 0 Å². The monoisotopic (exact) mass is 255 g/mol. The van der Waals surface area contributed by atoms with Crippen molar-refractivity contribution < 1.29 is 9.53 Å². The molecule has 0 aromatic carbocycles. The molecule has 0 aromatic rings. The minimum absolute atomic E-state index is 0.135. The van der Waals surface area contributed by atoms with Gasteiger partial charge in [0.25, 0.3) is 0 Å². The van der Waals surface area contributed by atoms with Crippen LogP contribution in [0.1, 0.15) is 19.8 Å². The Morgan fingerprint density at radius 3 is 2.61 bits per heavy atom. The Balaban J connectivity index is 1.59. The summed E-state index contributed by atoms with van der Waals surface area (Å²) in [4.78, 5) is 16.4. The number of hydrogen-bond acceptors (Lipinski definition) is 4. The number of carbonyl (C=O) groups excluding carboxylic acids is 1. The summed E-state index contributed by atoms with van der Waals surface area (Å²) in [6.07, 6.45) is 2.44. The first kappa shape index (κ1) is 13.8. The topological polar surface area (TPSA) is 44.8 Å². The Bertz CT molecular complexity index is 259. The van der Waals surface area contributed by atoms with Crippen LogP contribution in [0.3, 0.4) is 0 Å². The van der Waals surface area contributed by atoms with Crippen molar-refractivity contribution in [1.29, 1.82) is 0 Å². The average molecular weight is 255 g/mol. The fourth-order valence-electron chi connectivity index (χ4n) is 2.56. The number of amides is 1. The molecular formula is C13H25N3O2. The van der Waals surface area contributed by atoms with E-state index in [1.54, 1.807) is 0 Å². The largest absolute Gasteiger partial charge is 0.376 e. The van der Waals surface area contributed by atoms with Crippen LogP contribution < -0.4 is 5.32 Å². The number of piperazine rings is 1. The van der Waals surface area contributed by atoms with Gasteiger partial charge in [-0.3, -0.25) is 9.69 Å². The number of hydrogen-bond donors (Lipinski definition) is 1. The van der Waals surface area contributed by atoms with Crippen molar-refractivity contribution in [2.45, 2.75) is 25.9 Å². The summed E-state index contributed by atoms with van der Waals surface area (Å²) in [7, 11) is 0.